The number of nitrogens with two attached hydrogens (primary N) is 1. The summed E-state index contributed by atoms with van der Waals surface area (Å²) in [6.45, 7) is 1.26. The molecule has 0 heterocycles. The second-order valence-corrected chi connectivity index (χ2v) is 3.95. The molecular weight excluding hydrogens is 234 g/mol. The lowest BCUT2D eigenvalue weighted by Gasteiger charge is -2.20. The Morgan fingerprint density at radius 2 is 2.06 bits per heavy atom. The van der Waals surface area contributed by atoms with Crippen LogP contribution >= 0.6 is 0 Å². The minimum atomic E-state index is -1.21. The second-order valence-electron chi connectivity index (χ2n) is 3.95. The van der Waals surface area contributed by atoms with Crippen LogP contribution in [0.15, 0.2) is 24.3 Å². The number of amidine groups is 1. The summed E-state index contributed by atoms with van der Waals surface area (Å²) in [5.74, 6) is -0.475. The van der Waals surface area contributed by atoms with Gasteiger partial charge in [-0.2, -0.15) is 0 Å². The van der Waals surface area contributed by atoms with Gasteiger partial charge in [-0.1, -0.05) is 24.3 Å². The molecule has 1 amide bonds. The molecule has 0 saturated heterocycles. The summed E-state index contributed by atoms with van der Waals surface area (Å²) in [6, 6.07) is 6.54. The Hall–Kier alpha value is -1.92. The van der Waals surface area contributed by atoms with E-state index in [0.717, 1.165) is 0 Å². The van der Waals surface area contributed by atoms with E-state index in [1.165, 1.54) is 6.92 Å². The zero-order valence-corrected chi connectivity index (χ0v) is 10.1. The summed E-state index contributed by atoms with van der Waals surface area (Å²) in [6.07, 6.45) is -2.37. The average Bonchev–Trinajstić information content (AvgIpc) is 2.34. The van der Waals surface area contributed by atoms with Crippen molar-refractivity contribution in [3.63, 3.8) is 0 Å². The molecule has 18 heavy (non-hydrogen) atoms. The van der Waals surface area contributed by atoms with Crippen molar-refractivity contribution in [3.8, 4) is 0 Å². The number of hydrogen-bond donors (Lipinski definition) is 5. The Kier molecular flexibility index (Phi) is 4.82. The molecule has 1 rings (SSSR count). The molecule has 2 unspecified atom stereocenters. The van der Waals surface area contributed by atoms with E-state index < -0.39 is 12.2 Å². The Bertz CT molecular complexity index is 448. The number of nitrogen functional groups attached to an aromatic ring is 1. The van der Waals surface area contributed by atoms with E-state index in [1.807, 2.05) is 0 Å². The summed E-state index contributed by atoms with van der Waals surface area (Å²) in [5, 5.41) is 29.5. The fourth-order valence-electron chi connectivity index (χ4n) is 1.57. The number of nitrogens with one attached hydrogen (secondary N) is 2. The van der Waals surface area contributed by atoms with Crippen molar-refractivity contribution in [1.82, 2.24) is 5.32 Å². The van der Waals surface area contributed by atoms with Gasteiger partial charge in [0.2, 0.25) is 5.91 Å². The first-order chi connectivity index (χ1) is 8.43. The Morgan fingerprint density at radius 3 is 2.61 bits per heavy atom. The van der Waals surface area contributed by atoms with Crippen LogP contribution in [-0.2, 0) is 4.79 Å². The molecule has 0 fully saturated rings. The van der Waals surface area contributed by atoms with Crippen LogP contribution in [0, 0.1) is 5.41 Å². The van der Waals surface area contributed by atoms with Crippen molar-refractivity contribution in [2.75, 3.05) is 6.54 Å². The van der Waals surface area contributed by atoms with E-state index in [1.54, 1.807) is 24.3 Å². The SMILES string of the molecule is CC(=O)NCC(O)C(O)c1ccccc1C(=N)N. The zero-order valence-electron chi connectivity index (χ0n) is 10.1. The van der Waals surface area contributed by atoms with Crippen LogP contribution in [0.25, 0.3) is 0 Å². The van der Waals surface area contributed by atoms with Gasteiger partial charge in [-0.25, -0.2) is 0 Å². The Balaban J connectivity index is 2.86. The molecule has 0 aliphatic carbocycles. The fraction of sp³-hybridized carbons (Fsp3) is 0.333. The van der Waals surface area contributed by atoms with Crippen LogP contribution in [0.1, 0.15) is 24.2 Å². The molecule has 0 aliphatic heterocycles. The number of carbonyl (C=O) groups excluding carboxylic acids is 1. The van der Waals surface area contributed by atoms with E-state index in [9.17, 15) is 15.0 Å². The van der Waals surface area contributed by atoms with E-state index >= 15 is 0 Å². The molecule has 6 nitrogen and oxygen atoms in total. The fourth-order valence-corrected chi connectivity index (χ4v) is 1.57. The van der Waals surface area contributed by atoms with Crippen LogP contribution in [0.5, 0.6) is 0 Å². The average molecular weight is 251 g/mol. The van der Waals surface area contributed by atoms with Crippen molar-refractivity contribution in [3.05, 3.63) is 35.4 Å². The quantitative estimate of drug-likeness (QED) is 0.358. The third-order valence-corrected chi connectivity index (χ3v) is 2.49. The summed E-state index contributed by atoms with van der Waals surface area (Å²) in [4.78, 5) is 10.7. The molecule has 1 aromatic carbocycles. The topological polar surface area (TPSA) is 119 Å². The molecule has 6 heteroatoms. The highest BCUT2D eigenvalue weighted by Crippen LogP contribution is 2.20. The molecule has 2 atom stereocenters. The lowest BCUT2D eigenvalue weighted by atomic mass is 9.98. The number of hydrogen-bond acceptors (Lipinski definition) is 4. The van der Waals surface area contributed by atoms with Crippen LogP contribution in [-0.4, -0.2) is 34.6 Å². The van der Waals surface area contributed by atoms with E-state index in [4.69, 9.17) is 11.1 Å². The van der Waals surface area contributed by atoms with Gasteiger partial charge in [0.25, 0.3) is 0 Å². The van der Waals surface area contributed by atoms with Gasteiger partial charge in [0.1, 0.15) is 18.0 Å². The molecule has 0 bridgehead atoms. The van der Waals surface area contributed by atoms with Crippen LogP contribution in [0.4, 0.5) is 0 Å². The first-order valence-electron chi connectivity index (χ1n) is 5.47. The highest BCUT2D eigenvalue weighted by Gasteiger charge is 2.21. The Morgan fingerprint density at radius 1 is 1.44 bits per heavy atom. The van der Waals surface area contributed by atoms with Crippen LogP contribution in [0.2, 0.25) is 0 Å². The van der Waals surface area contributed by atoms with Crippen molar-refractivity contribution >= 4 is 11.7 Å². The van der Waals surface area contributed by atoms with Crippen molar-refractivity contribution in [2.45, 2.75) is 19.1 Å². The number of aliphatic hydroxyl groups excluding tert-OH is 2. The van der Waals surface area contributed by atoms with Crippen LogP contribution < -0.4 is 11.1 Å². The van der Waals surface area contributed by atoms with Gasteiger partial charge in [0.15, 0.2) is 0 Å². The third kappa shape index (κ3) is 3.54. The molecule has 0 aliphatic rings. The highest BCUT2D eigenvalue weighted by molar-refractivity contribution is 5.96. The van der Waals surface area contributed by atoms with Crippen LogP contribution in [0.3, 0.4) is 0 Å². The molecule has 98 valence electrons. The minimum Gasteiger partial charge on any atom is -0.388 e. The molecule has 0 radical (unpaired) electrons. The lowest BCUT2D eigenvalue weighted by Crippen LogP contribution is -2.35. The lowest BCUT2D eigenvalue weighted by molar-refractivity contribution is -0.119. The maximum atomic E-state index is 10.7. The van der Waals surface area contributed by atoms with Crippen molar-refractivity contribution in [1.29, 1.82) is 5.41 Å². The molecule has 1 aromatic rings. The molecule has 0 spiro atoms. The van der Waals surface area contributed by atoms with Gasteiger partial charge in [0, 0.05) is 19.0 Å². The van der Waals surface area contributed by atoms with Gasteiger partial charge in [-0.15, -0.1) is 0 Å². The monoisotopic (exact) mass is 251 g/mol. The summed E-state index contributed by atoms with van der Waals surface area (Å²) in [7, 11) is 0. The van der Waals surface area contributed by atoms with E-state index in [-0.39, 0.29) is 18.3 Å². The number of carbonyl (C=O) groups is 1. The maximum absolute atomic E-state index is 10.7. The first-order valence-corrected chi connectivity index (χ1v) is 5.47. The maximum Gasteiger partial charge on any atom is 0.216 e. The first kappa shape index (κ1) is 14.1. The second kappa shape index (κ2) is 6.13. The standard InChI is InChI=1S/C12H17N3O3/c1-7(16)15-6-10(17)11(18)8-4-2-3-5-9(8)12(13)14/h2-5,10-11,17-18H,6H2,1H3,(H3,13,14)(H,15,16). The molecule has 0 aromatic heterocycles. The third-order valence-electron chi connectivity index (χ3n) is 2.49. The Labute approximate surface area is 105 Å². The van der Waals surface area contributed by atoms with Gasteiger partial charge in [-0.3, -0.25) is 10.2 Å². The van der Waals surface area contributed by atoms with E-state index in [0.29, 0.717) is 11.1 Å². The molecule has 0 saturated carbocycles. The van der Waals surface area contributed by atoms with Gasteiger partial charge >= 0.3 is 0 Å². The minimum absolute atomic E-state index is 0.0667. The van der Waals surface area contributed by atoms with Gasteiger partial charge in [-0.05, 0) is 5.56 Å². The smallest absolute Gasteiger partial charge is 0.216 e. The number of amides is 1. The predicted molar refractivity (Wildman–Crippen MR) is 67.1 cm³/mol. The van der Waals surface area contributed by atoms with Crippen molar-refractivity contribution < 1.29 is 15.0 Å². The molecular formula is C12H17N3O3. The van der Waals surface area contributed by atoms with Crippen molar-refractivity contribution in [2.24, 2.45) is 5.73 Å². The van der Waals surface area contributed by atoms with E-state index in [2.05, 4.69) is 5.32 Å². The number of benzene rings is 1. The number of aliphatic hydroxyl groups is 2. The van der Waals surface area contributed by atoms with Gasteiger partial charge < -0.3 is 21.3 Å². The summed E-state index contributed by atoms with van der Waals surface area (Å²) in [5.41, 5.74) is 6.13. The normalized spacial score (nSPS) is 13.7. The largest absolute Gasteiger partial charge is 0.388 e. The number of rotatable bonds is 5. The zero-order chi connectivity index (χ0) is 13.7. The molecule has 6 N–H and O–H groups in total. The predicted octanol–water partition coefficient (Wildman–Crippen LogP) is -0.499. The summed E-state index contributed by atoms with van der Waals surface area (Å²) >= 11 is 0. The van der Waals surface area contributed by atoms with Gasteiger partial charge in [0.05, 0.1) is 0 Å². The summed E-state index contributed by atoms with van der Waals surface area (Å²) < 4.78 is 0. The highest BCUT2D eigenvalue weighted by atomic mass is 16.3.